The molecule has 2 nitrogen and oxygen atoms in total. The second kappa shape index (κ2) is 6.56. The van der Waals surface area contributed by atoms with Crippen LogP contribution < -0.4 is 5.32 Å². The summed E-state index contributed by atoms with van der Waals surface area (Å²) in [6.07, 6.45) is 3.29. The van der Waals surface area contributed by atoms with Gasteiger partial charge in [-0.25, -0.2) is 8.78 Å². The Balaban J connectivity index is 1.70. The van der Waals surface area contributed by atoms with Crippen LogP contribution in [0.1, 0.15) is 5.56 Å². The van der Waals surface area contributed by atoms with E-state index < -0.39 is 5.82 Å². The molecule has 0 bridgehead atoms. The quantitative estimate of drug-likeness (QED) is 0.642. The Morgan fingerprint density at radius 1 is 1.22 bits per heavy atom. The summed E-state index contributed by atoms with van der Waals surface area (Å²) >= 11 is 1.30. The maximum absolute atomic E-state index is 13.3. The predicted molar refractivity (Wildman–Crippen MR) is 67.5 cm³/mol. The van der Waals surface area contributed by atoms with E-state index in [4.69, 9.17) is 4.42 Å². The highest BCUT2D eigenvalue weighted by Crippen LogP contribution is 2.22. The summed E-state index contributed by atoms with van der Waals surface area (Å²) in [6, 6.07) is 5.37. The van der Waals surface area contributed by atoms with E-state index in [9.17, 15) is 8.78 Å². The summed E-state index contributed by atoms with van der Waals surface area (Å²) in [6.45, 7) is 1.43. The molecule has 0 radical (unpaired) electrons. The van der Waals surface area contributed by atoms with E-state index in [1.807, 2.05) is 6.07 Å². The first-order valence-corrected chi connectivity index (χ1v) is 6.54. The van der Waals surface area contributed by atoms with Crippen molar-refractivity contribution in [3.8, 4) is 0 Å². The van der Waals surface area contributed by atoms with Crippen molar-refractivity contribution >= 4 is 11.8 Å². The smallest absolute Gasteiger partial charge is 0.136 e. The van der Waals surface area contributed by atoms with Crippen LogP contribution >= 0.6 is 11.8 Å². The van der Waals surface area contributed by atoms with Crippen LogP contribution in [0.4, 0.5) is 8.78 Å². The Hall–Kier alpha value is -1.33. The maximum atomic E-state index is 13.3. The van der Waals surface area contributed by atoms with Crippen LogP contribution in [0.3, 0.4) is 0 Å². The first-order valence-electron chi connectivity index (χ1n) is 5.55. The largest absolute Gasteiger partial charge is 0.472 e. The molecular weight excluding hydrogens is 256 g/mol. The Kier molecular flexibility index (Phi) is 4.78. The highest BCUT2D eigenvalue weighted by atomic mass is 32.2. The van der Waals surface area contributed by atoms with Crippen molar-refractivity contribution in [1.29, 1.82) is 0 Å². The molecule has 0 saturated carbocycles. The van der Waals surface area contributed by atoms with Gasteiger partial charge < -0.3 is 9.73 Å². The molecule has 1 heterocycles. The van der Waals surface area contributed by atoms with Crippen LogP contribution in [0.2, 0.25) is 0 Å². The Morgan fingerprint density at radius 3 is 2.89 bits per heavy atom. The monoisotopic (exact) mass is 269 g/mol. The SMILES string of the molecule is Fc1ccc(F)c(SCCNCc2ccoc2)c1. The normalized spacial score (nSPS) is 10.8. The Morgan fingerprint density at radius 2 is 2.11 bits per heavy atom. The van der Waals surface area contributed by atoms with Gasteiger partial charge in [0.05, 0.1) is 12.5 Å². The van der Waals surface area contributed by atoms with Crippen molar-refractivity contribution in [2.24, 2.45) is 0 Å². The van der Waals surface area contributed by atoms with Crippen molar-refractivity contribution in [2.75, 3.05) is 12.3 Å². The molecule has 18 heavy (non-hydrogen) atoms. The van der Waals surface area contributed by atoms with E-state index in [-0.39, 0.29) is 5.82 Å². The molecule has 0 atom stereocenters. The lowest BCUT2D eigenvalue weighted by Crippen LogP contribution is -2.16. The third-order valence-corrected chi connectivity index (χ3v) is 3.37. The number of thioether (sulfide) groups is 1. The first-order chi connectivity index (χ1) is 8.75. The maximum Gasteiger partial charge on any atom is 0.136 e. The van der Waals surface area contributed by atoms with Crippen molar-refractivity contribution in [2.45, 2.75) is 11.4 Å². The summed E-state index contributed by atoms with van der Waals surface area (Å²) in [5.41, 5.74) is 1.07. The van der Waals surface area contributed by atoms with Gasteiger partial charge in [-0.3, -0.25) is 0 Å². The molecule has 1 aromatic carbocycles. The van der Waals surface area contributed by atoms with Gasteiger partial charge in [0, 0.05) is 29.3 Å². The van der Waals surface area contributed by atoms with Gasteiger partial charge in [0.1, 0.15) is 11.6 Å². The van der Waals surface area contributed by atoms with Crippen molar-refractivity contribution in [3.63, 3.8) is 0 Å². The molecule has 0 aliphatic heterocycles. The lowest BCUT2D eigenvalue weighted by atomic mass is 10.3. The van der Waals surface area contributed by atoms with Crippen LogP contribution in [0, 0.1) is 11.6 Å². The van der Waals surface area contributed by atoms with Crippen molar-refractivity contribution in [1.82, 2.24) is 5.32 Å². The number of hydrogen-bond donors (Lipinski definition) is 1. The molecule has 0 aliphatic rings. The third kappa shape index (κ3) is 3.85. The molecule has 2 rings (SSSR count). The molecule has 0 spiro atoms. The molecule has 0 fully saturated rings. The standard InChI is InChI=1S/C13H13F2NOS/c14-11-1-2-12(15)13(7-11)18-6-4-16-8-10-3-5-17-9-10/h1-3,5,7,9,16H,4,6,8H2. The summed E-state index contributed by atoms with van der Waals surface area (Å²) in [7, 11) is 0. The van der Waals surface area contributed by atoms with E-state index >= 15 is 0 Å². The summed E-state index contributed by atoms with van der Waals surface area (Å²) in [4.78, 5) is 0.347. The number of benzene rings is 1. The van der Waals surface area contributed by atoms with Gasteiger partial charge in [0.15, 0.2) is 0 Å². The minimum absolute atomic E-state index is 0.347. The fraction of sp³-hybridized carbons (Fsp3) is 0.231. The zero-order chi connectivity index (χ0) is 12.8. The minimum Gasteiger partial charge on any atom is -0.472 e. The number of rotatable bonds is 6. The average molecular weight is 269 g/mol. The highest BCUT2D eigenvalue weighted by Gasteiger charge is 2.04. The number of nitrogens with one attached hydrogen (secondary N) is 1. The molecule has 1 N–H and O–H groups in total. The minimum atomic E-state index is -0.412. The summed E-state index contributed by atoms with van der Waals surface area (Å²) in [5, 5.41) is 3.20. The number of halogens is 2. The third-order valence-electron chi connectivity index (χ3n) is 2.34. The summed E-state index contributed by atoms with van der Waals surface area (Å²) < 4.78 is 31.1. The molecule has 0 aliphatic carbocycles. The molecule has 0 saturated heterocycles. The Bertz CT molecular complexity index is 488. The van der Waals surface area contributed by atoms with E-state index in [1.165, 1.54) is 17.8 Å². The van der Waals surface area contributed by atoms with Crippen LogP contribution in [0.25, 0.3) is 0 Å². The molecule has 5 heteroatoms. The fourth-order valence-electron chi connectivity index (χ4n) is 1.45. The van der Waals surface area contributed by atoms with Crippen LogP contribution in [0.15, 0.2) is 46.1 Å². The van der Waals surface area contributed by atoms with Crippen LogP contribution in [-0.4, -0.2) is 12.3 Å². The number of hydrogen-bond acceptors (Lipinski definition) is 3. The molecule has 2 aromatic rings. The van der Waals surface area contributed by atoms with E-state index in [0.29, 0.717) is 23.7 Å². The molecule has 0 amide bonds. The lowest BCUT2D eigenvalue weighted by molar-refractivity contribution is 0.561. The first kappa shape index (κ1) is 13.1. The second-order valence-electron chi connectivity index (χ2n) is 3.73. The second-order valence-corrected chi connectivity index (χ2v) is 4.87. The van der Waals surface area contributed by atoms with E-state index in [1.54, 1.807) is 12.5 Å². The topological polar surface area (TPSA) is 25.2 Å². The molecular formula is C13H13F2NOS. The van der Waals surface area contributed by atoms with Crippen molar-refractivity contribution < 1.29 is 13.2 Å². The van der Waals surface area contributed by atoms with Gasteiger partial charge >= 0.3 is 0 Å². The van der Waals surface area contributed by atoms with Gasteiger partial charge in [0.25, 0.3) is 0 Å². The molecule has 1 aromatic heterocycles. The highest BCUT2D eigenvalue weighted by molar-refractivity contribution is 7.99. The van der Waals surface area contributed by atoms with Gasteiger partial charge in [0.2, 0.25) is 0 Å². The number of furan rings is 1. The van der Waals surface area contributed by atoms with Gasteiger partial charge in [-0.1, -0.05) is 0 Å². The van der Waals surface area contributed by atoms with Crippen molar-refractivity contribution in [3.05, 3.63) is 54.0 Å². The zero-order valence-corrected chi connectivity index (χ0v) is 10.5. The van der Waals surface area contributed by atoms with Gasteiger partial charge in [-0.2, -0.15) is 0 Å². The zero-order valence-electron chi connectivity index (χ0n) is 9.66. The fourth-order valence-corrected chi connectivity index (χ4v) is 2.32. The van der Waals surface area contributed by atoms with Crippen LogP contribution in [-0.2, 0) is 6.54 Å². The van der Waals surface area contributed by atoms with Gasteiger partial charge in [-0.15, -0.1) is 11.8 Å². The van der Waals surface area contributed by atoms with E-state index in [0.717, 1.165) is 17.7 Å². The summed E-state index contributed by atoms with van der Waals surface area (Å²) in [5.74, 6) is -0.111. The molecule has 0 unspecified atom stereocenters. The van der Waals surface area contributed by atoms with Gasteiger partial charge in [-0.05, 0) is 24.3 Å². The lowest BCUT2D eigenvalue weighted by Gasteiger charge is -2.04. The Labute approximate surface area is 108 Å². The van der Waals surface area contributed by atoms with E-state index in [2.05, 4.69) is 5.32 Å². The average Bonchev–Trinajstić information content (AvgIpc) is 2.86. The predicted octanol–water partition coefficient (Wildman–Crippen LogP) is 3.44. The van der Waals surface area contributed by atoms with Crippen LogP contribution in [0.5, 0.6) is 0 Å². The molecule has 96 valence electrons.